The first-order valence-electron chi connectivity index (χ1n) is 11.6. The summed E-state index contributed by atoms with van der Waals surface area (Å²) in [6.07, 6.45) is 1.38. The number of aryl methyl sites for hydroxylation is 1. The molecular formula is C27H26FN3O3S. The van der Waals surface area contributed by atoms with Gasteiger partial charge in [0, 0.05) is 44.6 Å². The molecule has 0 spiro atoms. The maximum absolute atomic E-state index is 15.3. The zero-order valence-corrected chi connectivity index (χ0v) is 20.2. The Kier molecular flexibility index (Phi) is 6.06. The quantitative estimate of drug-likeness (QED) is 0.416. The molecule has 1 aromatic heterocycles. The monoisotopic (exact) mass is 491 g/mol. The number of rotatable bonds is 5. The van der Waals surface area contributed by atoms with Gasteiger partial charge in [0.25, 0.3) is 0 Å². The second kappa shape index (κ2) is 9.19. The molecule has 6 nitrogen and oxygen atoms in total. The molecule has 8 heteroatoms. The van der Waals surface area contributed by atoms with Gasteiger partial charge in [0.1, 0.15) is 10.7 Å². The second-order valence-corrected chi connectivity index (χ2v) is 10.5. The summed E-state index contributed by atoms with van der Waals surface area (Å²) >= 11 is 0. The van der Waals surface area contributed by atoms with Crippen LogP contribution in [-0.4, -0.2) is 39.2 Å². The molecule has 3 aromatic carbocycles. The summed E-state index contributed by atoms with van der Waals surface area (Å²) in [5.74, 6) is -0.528. The number of hydrogen-bond acceptors (Lipinski definition) is 5. The molecule has 1 aliphatic rings. The largest absolute Gasteiger partial charge is 0.368 e. The predicted octanol–water partition coefficient (Wildman–Crippen LogP) is 4.32. The van der Waals surface area contributed by atoms with E-state index in [4.69, 9.17) is 0 Å². The summed E-state index contributed by atoms with van der Waals surface area (Å²) in [6, 6.07) is 20.8. The molecule has 2 heterocycles. The number of halogens is 1. The van der Waals surface area contributed by atoms with Gasteiger partial charge < -0.3 is 14.4 Å². The number of nitrogens with zero attached hydrogens (tertiary/aromatic N) is 3. The fourth-order valence-corrected chi connectivity index (χ4v) is 6.03. The minimum Gasteiger partial charge on any atom is -0.368 e. The summed E-state index contributed by atoms with van der Waals surface area (Å²) < 4.78 is 43.4. The van der Waals surface area contributed by atoms with Crippen molar-refractivity contribution in [2.45, 2.75) is 23.3 Å². The Morgan fingerprint density at radius 1 is 0.857 bits per heavy atom. The lowest BCUT2D eigenvalue weighted by molar-refractivity contribution is 0.592. The first-order chi connectivity index (χ1) is 16.9. The molecule has 0 N–H and O–H groups in total. The minimum atomic E-state index is -4.04. The number of benzene rings is 3. The van der Waals surface area contributed by atoms with Gasteiger partial charge in [-0.2, -0.15) is 0 Å². The highest BCUT2D eigenvalue weighted by molar-refractivity contribution is 7.91. The van der Waals surface area contributed by atoms with E-state index in [1.54, 1.807) is 28.8 Å². The number of hydrogen-bond donors (Lipinski definition) is 0. The van der Waals surface area contributed by atoms with Crippen molar-refractivity contribution < 1.29 is 12.8 Å². The molecule has 0 saturated carbocycles. The van der Waals surface area contributed by atoms with Gasteiger partial charge in [0.05, 0.1) is 21.5 Å². The highest BCUT2D eigenvalue weighted by Gasteiger charge is 2.26. The first kappa shape index (κ1) is 23.1. The molecule has 0 amide bonds. The van der Waals surface area contributed by atoms with Gasteiger partial charge in [-0.3, -0.25) is 4.79 Å². The highest BCUT2D eigenvalue weighted by atomic mass is 32.2. The number of pyridine rings is 1. The lowest BCUT2D eigenvalue weighted by Gasteiger charge is -2.37. The Hall–Kier alpha value is -3.65. The van der Waals surface area contributed by atoms with Gasteiger partial charge in [-0.25, -0.2) is 12.8 Å². The summed E-state index contributed by atoms with van der Waals surface area (Å²) in [7, 11) is -4.04. The van der Waals surface area contributed by atoms with Crippen molar-refractivity contribution in [2.75, 3.05) is 36.0 Å². The molecular weight excluding hydrogens is 465 g/mol. The number of anilines is 2. The van der Waals surface area contributed by atoms with Crippen LogP contribution in [0.3, 0.4) is 0 Å². The zero-order chi connectivity index (χ0) is 24.6. The summed E-state index contributed by atoms with van der Waals surface area (Å²) in [5.41, 5.74) is 1.39. The molecule has 1 saturated heterocycles. The van der Waals surface area contributed by atoms with E-state index in [-0.39, 0.29) is 15.2 Å². The number of para-hydroxylation sites is 1. The van der Waals surface area contributed by atoms with Gasteiger partial charge in [0.15, 0.2) is 0 Å². The average molecular weight is 492 g/mol. The van der Waals surface area contributed by atoms with E-state index in [1.165, 1.54) is 24.4 Å². The van der Waals surface area contributed by atoms with Gasteiger partial charge in [-0.05, 0) is 43.3 Å². The molecule has 180 valence electrons. The van der Waals surface area contributed by atoms with Gasteiger partial charge in [-0.15, -0.1) is 0 Å². The third kappa shape index (κ3) is 4.18. The van der Waals surface area contributed by atoms with E-state index in [1.807, 2.05) is 30.0 Å². The Bertz CT molecular complexity index is 1530. The molecule has 0 atom stereocenters. The van der Waals surface area contributed by atoms with E-state index in [9.17, 15) is 13.2 Å². The molecule has 0 bridgehead atoms. The Labute approximate surface area is 203 Å². The SMILES string of the molecule is CCn1cc(S(=O)(=O)c2ccccc2)c(=O)c2cc(F)c(N3CCN(c4ccccc4)CC3)cc21. The van der Waals surface area contributed by atoms with Crippen LogP contribution in [0.15, 0.2) is 93.6 Å². The topological polar surface area (TPSA) is 62.6 Å². The van der Waals surface area contributed by atoms with E-state index >= 15 is 4.39 Å². The predicted molar refractivity (Wildman–Crippen MR) is 137 cm³/mol. The fourth-order valence-electron chi connectivity index (χ4n) is 4.64. The van der Waals surface area contributed by atoms with Gasteiger partial charge >= 0.3 is 0 Å². The highest BCUT2D eigenvalue weighted by Crippen LogP contribution is 2.29. The van der Waals surface area contributed by atoms with Crippen LogP contribution in [0.2, 0.25) is 0 Å². The van der Waals surface area contributed by atoms with Crippen LogP contribution in [0.4, 0.5) is 15.8 Å². The van der Waals surface area contributed by atoms with E-state index < -0.39 is 21.1 Å². The summed E-state index contributed by atoms with van der Waals surface area (Å²) in [6.45, 7) is 5.06. The third-order valence-corrected chi connectivity index (χ3v) is 8.30. The number of fused-ring (bicyclic) bond motifs is 1. The van der Waals surface area contributed by atoms with Crippen molar-refractivity contribution in [2.24, 2.45) is 0 Å². The summed E-state index contributed by atoms with van der Waals surface area (Å²) in [4.78, 5) is 17.2. The maximum Gasteiger partial charge on any atom is 0.211 e. The van der Waals surface area contributed by atoms with Crippen LogP contribution in [0, 0.1) is 5.82 Å². The Balaban J connectivity index is 1.53. The van der Waals surface area contributed by atoms with Crippen molar-refractivity contribution >= 4 is 32.1 Å². The molecule has 35 heavy (non-hydrogen) atoms. The van der Waals surface area contributed by atoms with Crippen LogP contribution in [-0.2, 0) is 16.4 Å². The van der Waals surface area contributed by atoms with E-state index in [0.717, 1.165) is 18.8 Å². The van der Waals surface area contributed by atoms with Crippen molar-refractivity contribution in [3.05, 3.63) is 95.0 Å². The van der Waals surface area contributed by atoms with E-state index in [2.05, 4.69) is 17.0 Å². The number of sulfone groups is 1. The Morgan fingerprint density at radius 3 is 2.09 bits per heavy atom. The second-order valence-electron chi connectivity index (χ2n) is 8.56. The lowest BCUT2D eigenvalue weighted by Crippen LogP contribution is -2.46. The number of aromatic nitrogens is 1. The smallest absolute Gasteiger partial charge is 0.211 e. The Morgan fingerprint density at radius 2 is 1.46 bits per heavy atom. The molecule has 1 aliphatic heterocycles. The van der Waals surface area contributed by atoms with Gasteiger partial charge in [0.2, 0.25) is 15.3 Å². The number of piperazine rings is 1. The van der Waals surface area contributed by atoms with Crippen LogP contribution in [0.25, 0.3) is 10.9 Å². The van der Waals surface area contributed by atoms with Crippen molar-refractivity contribution in [3.63, 3.8) is 0 Å². The molecule has 0 unspecified atom stereocenters. The maximum atomic E-state index is 15.3. The minimum absolute atomic E-state index is 0.0347. The van der Waals surface area contributed by atoms with Crippen molar-refractivity contribution in [1.82, 2.24) is 4.57 Å². The standard InChI is InChI=1S/C27H26FN3O3S/c1-2-29-19-26(35(33,34)21-11-7-4-8-12-21)27(32)22-17-23(28)25(18-24(22)29)31-15-13-30(14-16-31)20-9-5-3-6-10-20/h3-12,17-19H,2,13-16H2,1H3. The fraction of sp³-hybridized carbons (Fsp3) is 0.222. The van der Waals surface area contributed by atoms with Gasteiger partial charge in [-0.1, -0.05) is 36.4 Å². The molecule has 1 fully saturated rings. The van der Waals surface area contributed by atoms with Crippen LogP contribution in [0.5, 0.6) is 0 Å². The zero-order valence-electron chi connectivity index (χ0n) is 19.4. The molecule has 4 aromatic rings. The van der Waals surface area contributed by atoms with Crippen LogP contribution in [0.1, 0.15) is 6.92 Å². The third-order valence-electron chi connectivity index (χ3n) is 6.54. The van der Waals surface area contributed by atoms with Crippen LogP contribution < -0.4 is 15.2 Å². The normalized spacial score (nSPS) is 14.5. The average Bonchev–Trinajstić information content (AvgIpc) is 2.90. The molecule has 0 aliphatic carbocycles. The lowest BCUT2D eigenvalue weighted by atomic mass is 10.1. The molecule has 5 rings (SSSR count). The molecule has 0 radical (unpaired) electrons. The van der Waals surface area contributed by atoms with Crippen LogP contribution >= 0.6 is 0 Å². The van der Waals surface area contributed by atoms with Crippen molar-refractivity contribution in [3.8, 4) is 0 Å². The van der Waals surface area contributed by atoms with E-state index in [0.29, 0.717) is 30.8 Å². The summed E-state index contributed by atoms with van der Waals surface area (Å²) in [5, 5.41) is 0.0630. The first-order valence-corrected chi connectivity index (χ1v) is 13.1. The van der Waals surface area contributed by atoms with Crippen molar-refractivity contribution in [1.29, 1.82) is 0 Å².